The molecular formula is C8H16FNO2S. The van der Waals surface area contributed by atoms with Gasteiger partial charge in [-0.25, -0.2) is 17.9 Å². The van der Waals surface area contributed by atoms with Gasteiger partial charge in [-0.15, -0.1) is 0 Å². The van der Waals surface area contributed by atoms with Crippen molar-refractivity contribution in [2.45, 2.75) is 44.0 Å². The Morgan fingerprint density at radius 3 is 2.31 bits per heavy atom. The molecular weight excluding hydrogens is 193 g/mol. The molecule has 3 nitrogen and oxygen atoms in total. The van der Waals surface area contributed by atoms with Crippen LogP contribution >= 0.6 is 0 Å². The predicted octanol–water partition coefficient (Wildman–Crippen LogP) is 1.54. The molecule has 1 saturated carbocycles. The lowest BCUT2D eigenvalue weighted by atomic mass is 9.87. The van der Waals surface area contributed by atoms with Gasteiger partial charge in [0.25, 0.3) is 0 Å². The number of alkyl halides is 1. The summed E-state index contributed by atoms with van der Waals surface area (Å²) in [6, 6.07) is 0. The van der Waals surface area contributed by atoms with E-state index in [1.165, 1.54) is 6.42 Å². The standard InChI is InChI=1S/C8H16FNO2S/c9-8(13(10,11)12)6-7-4-2-1-3-5-7/h7-8H,1-6H2,(H2,10,11,12). The van der Waals surface area contributed by atoms with Crippen molar-refractivity contribution < 1.29 is 12.8 Å². The minimum Gasteiger partial charge on any atom is -0.229 e. The van der Waals surface area contributed by atoms with Crippen LogP contribution in [-0.2, 0) is 10.0 Å². The van der Waals surface area contributed by atoms with Crippen molar-refractivity contribution in [1.29, 1.82) is 0 Å². The van der Waals surface area contributed by atoms with E-state index >= 15 is 0 Å². The van der Waals surface area contributed by atoms with E-state index in [1.54, 1.807) is 0 Å². The topological polar surface area (TPSA) is 60.2 Å². The number of hydrogen-bond donors (Lipinski definition) is 1. The largest absolute Gasteiger partial charge is 0.241 e. The maximum absolute atomic E-state index is 13.0. The third-order valence-corrected chi connectivity index (χ3v) is 3.51. The van der Waals surface area contributed by atoms with Gasteiger partial charge in [0.15, 0.2) is 0 Å². The van der Waals surface area contributed by atoms with Crippen molar-refractivity contribution in [2.24, 2.45) is 11.1 Å². The third-order valence-electron chi connectivity index (χ3n) is 2.60. The number of primary sulfonamides is 1. The molecule has 1 aliphatic carbocycles. The van der Waals surface area contributed by atoms with Crippen LogP contribution < -0.4 is 5.14 Å². The zero-order chi connectivity index (χ0) is 9.90. The van der Waals surface area contributed by atoms with Crippen LogP contribution in [-0.4, -0.2) is 13.9 Å². The molecule has 1 rings (SSSR count). The second-order valence-corrected chi connectivity index (χ2v) is 5.43. The van der Waals surface area contributed by atoms with Gasteiger partial charge < -0.3 is 0 Å². The Labute approximate surface area is 78.6 Å². The van der Waals surface area contributed by atoms with Gasteiger partial charge in [0.05, 0.1) is 0 Å². The lowest BCUT2D eigenvalue weighted by Crippen LogP contribution is -2.27. The second-order valence-electron chi connectivity index (χ2n) is 3.74. The molecule has 2 N–H and O–H groups in total. The zero-order valence-electron chi connectivity index (χ0n) is 7.58. The summed E-state index contributed by atoms with van der Waals surface area (Å²) >= 11 is 0. The number of hydrogen-bond acceptors (Lipinski definition) is 2. The number of rotatable bonds is 3. The molecule has 0 aromatic heterocycles. The highest BCUT2D eigenvalue weighted by Gasteiger charge is 2.25. The van der Waals surface area contributed by atoms with Crippen LogP contribution in [0.1, 0.15) is 38.5 Å². The summed E-state index contributed by atoms with van der Waals surface area (Å²) in [5.41, 5.74) is -1.87. The molecule has 0 spiro atoms. The summed E-state index contributed by atoms with van der Waals surface area (Å²) < 4.78 is 34.2. The van der Waals surface area contributed by atoms with E-state index in [-0.39, 0.29) is 12.3 Å². The van der Waals surface area contributed by atoms with Gasteiger partial charge in [-0.2, -0.15) is 0 Å². The highest BCUT2D eigenvalue weighted by atomic mass is 32.2. The summed E-state index contributed by atoms with van der Waals surface area (Å²) in [5.74, 6) is 0.210. The fraction of sp³-hybridized carbons (Fsp3) is 1.00. The molecule has 78 valence electrons. The van der Waals surface area contributed by atoms with Gasteiger partial charge in [-0.3, -0.25) is 0 Å². The van der Waals surface area contributed by atoms with Crippen LogP contribution in [0.2, 0.25) is 0 Å². The molecule has 5 heteroatoms. The Morgan fingerprint density at radius 2 is 1.85 bits per heavy atom. The lowest BCUT2D eigenvalue weighted by Gasteiger charge is -2.22. The Kier molecular flexibility index (Phi) is 3.67. The minimum atomic E-state index is -3.97. The Hall–Kier alpha value is -0.160. The van der Waals surface area contributed by atoms with E-state index < -0.39 is 15.5 Å². The summed E-state index contributed by atoms with van der Waals surface area (Å²) in [7, 11) is -3.97. The fourth-order valence-corrected chi connectivity index (χ4v) is 2.36. The van der Waals surface area contributed by atoms with Crippen molar-refractivity contribution in [3.05, 3.63) is 0 Å². The highest BCUT2D eigenvalue weighted by molar-refractivity contribution is 7.89. The molecule has 0 aliphatic heterocycles. The molecule has 0 heterocycles. The summed E-state index contributed by atoms with van der Waals surface area (Å²) in [6.07, 6.45) is 5.32. The van der Waals surface area contributed by atoms with Gasteiger partial charge in [0, 0.05) is 0 Å². The van der Waals surface area contributed by atoms with E-state index in [0.717, 1.165) is 25.7 Å². The normalized spacial score (nSPS) is 22.9. The molecule has 1 aliphatic rings. The van der Waals surface area contributed by atoms with Crippen LogP contribution in [0.3, 0.4) is 0 Å². The molecule has 1 unspecified atom stereocenters. The smallest absolute Gasteiger partial charge is 0.229 e. The molecule has 0 aromatic rings. The first-order chi connectivity index (χ1) is 6.00. The van der Waals surface area contributed by atoms with Gasteiger partial charge >= 0.3 is 0 Å². The number of halogens is 1. The van der Waals surface area contributed by atoms with Crippen LogP contribution in [0, 0.1) is 5.92 Å². The Balaban J connectivity index is 2.39. The van der Waals surface area contributed by atoms with Crippen molar-refractivity contribution in [3.8, 4) is 0 Å². The molecule has 13 heavy (non-hydrogen) atoms. The third kappa shape index (κ3) is 3.60. The monoisotopic (exact) mass is 209 g/mol. The average molecular weight is 209 g/mol. The Morgan fingerprint density at radius 1 is 1.31 bits per heavy atom. The van der Waals surface area contributed by atoms with Crippen molar-refractivity contribution >= 4 is 10.0 Å². The molecule has 1 fully saturated rings. The quantitative estimate of drug-likeness (QED) is 0.766. The molecule has 0 aromatic carbocycles. The summed E-state index contributed by atoms with van der Waals surface area (Å²) in [4.78, 5) is 0. The van der Waals surface area contributed by atoms with E-state index in [0.29, 0.717) is 0 Å². The molecule has 1 atom stereocenters. The van der Waals surface area contributed by atoms with E-state index in [2.05, 4.69) is 0 Å². The van der Waals surface area contributed by atoms with Crippen molar-refractivity contribution in [2.75, 3.05) is 0 Å². The van der Waals surface area contributed by atoms with Gasteiger partial charge in [-0.05, 0) is 12.3 Å². The van der Waals surface area contributed by atoms with Gasteiger partial charge in [0.2, 0.25) is 15.5 Å². The molecule has 0 bridgehead atoms. The zero-order valence-corrected chi connectivity index (χ0v) is 8.39. The minimum absolute atomic E-state index is 0.0822. The van der Waals surface area contributed by atoms with E-state index in [9.17, 15) is 12.8 Å². The number of nitrogens with two attached hydrogens (primary N) is 1. The first kappa shape index (κ1) is 10.9. The van der Waals surface area contributed by atoms with E-state index in [1.807, 2.05) is 0 Å². The van der Waals surface area contributed by atoms with Crippen LogP contribution in [0.25, 0.3) is 0 Å². The van der Waals surface area contributed by atoms with Crippen molar-refractivity contribution in [3.63, 3.8) is 0 Å². The number of sulfonamides is 1. The maximum Gasteiger partial charge on any atom is 0.241 e. The highest BCUT2D eigenvalue weighted by Crippen LogP contribution is 2.28. The van der Waals surface area contributed by atoms with Gasteiger partial charge in [0.1, 0.15) is 0 Å². The lowest BCUT2D eigenvalue weighted by molar-refractivity contribution is 0.279. The van der Waals surface area contributed by atoms with E-state index in [4.69, 9.17) is 5.14 Å². The first-order valence-corrected chi connectivity index (χ1v) is 6.27. The molecule has 0 radical (unpaired) electrons. The second kappa shape index (κ2) is 4.37. The predicted molar refractivity (Wildman–Crippen MR) is 49.2 cm³/mol. The summed E-state index contributed by atoms with van der Waals surface area (Å²) in [6.45, 7) is 0. The molecule has 0 saturated heterocycles. The Bertz CT molecular complexity index is 247. The SMILES string of the molecule is NS(=O)(=O)C(F)CC1CCCCC1. The average Bonchev–Trinajstić information content (AvgIpc) is 2.04. The van der Waals surface area contributed by atoms with Crippen LogP contribution in [0.5, 0.6) is 0 Å². The fourth-order valence-electron chi connectivity index (χ4n) is 1.82. The van der Waals surface area contributed by atoms with Crippen LogP contribution in [0.15, 0.2) is 0 Å². The maximum atomic E-state index is 13.0. The molecule has 0 amide bonds. The first-order valence-electron chi connectivity index (χ1n) is 4.66. The van der Waals surface area contributed by atoms with Crippen molar-refractivity contribution in [1.82, 2.24) is 0 Å². The van der Waals surface area contributed by atoms with Crippen LogP contribution in [0.4, 0.5) is 4.39 Å². The summed E-state index contributed by atoms with van der Waals surface area (Å²) in [5, 5.41) is 4.69. The van der Waals surface area contributed by atoms with Gasteiger partial charge in [-0.1, -0.05) is 32.1 Å².